The molecular formula is C24H24N4O6. The molecule has 34 heavy (non-hydrogen) atoms. The number of carbonyl (C=O) groups is 3. The minimum absolute atomic E-state index is 0.0583. The maximum atomic E-state index is 13.2. The lowest BCUT2D eigenvalue weighted by atomic mass is 10.1. The second-order valence-electron chi connectivity index (χ2n) is 7.74. The third-order valence-electron chi connectivity index (χ3n) is 5.46. The van der Waals surface area contributed by atoms with Crippen LogP contribution in [0, 0.1) is 0 Å². The van der Waals surface area contributed by atoms with Gasteiger partial charge in [-0.1, -0.05) is 48.5 Å². The van der Waals surface area contributed by atoms with Crippen LogP contribution in [-0.2, 0) is 30.5 Å². The highest BCUT2D eigenvalue weighted by Gasteiger charge is 2.41. The summed E-state index contributed by atoms with van der Waals surface area (Å²) in [4.78, 5) is 47.2. The summed E-state index contributed by atoms with van der Waals surface area (Å²) in [6.45, 7) is -0.268. The second-order valence-corrected chi connectivity index (χ2v) is 7.74. The van der Waals surface area contributed by atoms with Crippen LogP contribution in [0.1, 0.15) is 12.0 Å². The molecule has 1 aromatic heterocycles. The molecule has 0 radical (unpaired) electrons. The summed E-state index contributed by atoms with van der Waals surface area (Å²) in [7, 11) is 0. The monoisotopic (exact) mass is 464 g/mol. The van der Waals surface area contributed by atoms with Crippen LogP contribution in [0.2, 0.25) is 0 Å². The van der Waals surface area contributed by atoms with Crippen molar-refractivity contribution in [1.29, 1.82) is 0 Å². The van der Waals surface area contributed by atoms with Crippen molar-refractivity contribution in [3.63, 3.8) is 0 Å². The van der Waals surface area contributed by atoms with Gasteiger partial charge in [-0.15, -0.1) is 0 Å². The molecule has 2 heterocycles. The van der Waals surface area contributed by atoms with Gasteiger partial charge in [-0.3, -0.25) is 14.7 Å². The van der Waals surface area contributed by atoms with Crippen molar-refractivity contribution in [3.05, 3.63) is 72.4 Å². The number of anilines is 1. The molecule has 0 unspecified atom stereocenters. The molecule has 176 valence electrons. The molecule has 0 spiro atoms. The first-order chi connectivity index (χ1) is 16.5. The van der Waals surface area contributed by atoms with Crippen LogP contribution in [0.25, 0.3) is 10.9 Å². The first kappa shape index (κ1) is 23.1. The third-order valence-corrected chi connectivity index (χ3v) is 5.46. The molecule has 10 nitrogen and oxygen atoms in total. The Hall–Kier alpha value is -4.02. The number of ether oxygens (including phenoxy) is 2. The fraction of sp³-hybridized carbons (Fsp3) is 0.250. The molecule has 1 aliphatic heterocycles. The van der Waals surface area contributed by atoms with Crippen molar-refractivity contribution in [2.24, 2.45) is 5.90 Å². The predicted molar refractivity (Wildman–Crippen MR) is 122 cm³/mol. The van der Waals surface area contributed by atoms with E-state index in [1.807, 2.05) is 54.6 Å². The van der Waals surface area contributed by atoms with Gasteiger partial charge in [-0.05, 0) is 17.7 Å². The van der Waals surface area contributed by atoms with Crippen molar-refractivity contribution >= 4 is 34.6 Å². The fourth-order valence-electron chi connectivity index (χ4n) is 3.81. The van der Waals surface area contributed by atoms with Crippen LogP contribution < -0.4 is 11.2 Å². The number of fused-ring (bicyclic) bond motifs is 1. The maximum absolute atomic E-state index is 13.2. The molecule has 3 N–H and O–H groups in total. The number of likely N-dealkylation sites (tertiary alicyclic amines) is 1. The van der Waals surface area contributed by atoms with E-state index in [9.17, 15) is 14.4 Å². The van der Waals surface area contributed by atoms with E-state index in [2.05, 4.69) is 15.1 Å². The minimum atomic E-state index is -0.874. The summed E-state index contributed by atoms with van der Waals surface area (Å²) in [6, 6.07) is 17.5. The molecule has 3 aromatic rings. The number of nitrogens with zero attached hydrogens (tertiary/aromatic N) is 2. The Bertz CT molecular complexity index is 1170. The van der Waals surface area contributed by atoms with Gasteiger partial charge in [0.15, 0.2) is 0 Å². The van der Waals surface area contributed by atoms with Gasteiger partial charge >= 0.3 is 12.1 Å². The zero-order chi connectivity index (χ0) is 23.9. The molecule has 0 bridgehead atoms. The molecule has 4 rings (SSSR count). The smallest absolute Gasteiger partial charge is 0.410 e. The van der Waals surface area contributed by atoms with E-state index in [1.165, 1.54) is 4.90 Å². The first-order valence-electron chi connectivity index (χ1n) is 10.7. The van der Waals surface area contributed by atoms with Crippen molar-refractivity contribution in [2.45, 2.75) is 25.2 Å². The minimum Gasteiger partial charge on any atom is -0.445 e. The average molecular weight is 464 g/mol. The normalized spacial score (nSPS) is 17.4. The van der Waals surface area contributed by atoms with E-state index in [0.717, 1.165) is 10.9 Å². The Kier molecular flexibility index (Phi) is 7.31. The van der Waals surface area contributed by atoms with Gasteiger partial charge in [-0.25, -0.2) is 9.59 Å². The number of amides is 2. The molecule has 2 aromatic carbocycles. The Morgan fingerprint density at radius 3 is 2.65 bits per heavy atom. The van der Waals surface area contributed by atoms with Gasteiger partial charge < -0.3 is 19.6 Å². The molecule has 2 amide bonds. The fourth-order valence-corrected chi connectivity index (χ4v) is 3.81. The average Bonchev–Trinajstić information content (AvgIpc) is 3.31. The van der Waals surface area contributed by atoms with E-state index >= 15 is 0 Å². The predicted octanol–water partition coefficient (Wildman–Crippen LogP) is 2.39. The summed E-state index contributed by atoms with van der Waals surface area (Å²) in [5, 5.41) is 3.73. The van der Waals surface area contributed by atoms with Gasteiger partial charge in [0.25, 0.3) is 0 Å². The van der Waals surface area contributed by atoms with Crippen LogP contribution in [0.15, 0.2) is 66.9 Å². The number of nitrogens with two attached hydrogens (primary N) is 1. The van der Waals surface area contributed by atoms with Crippen LogP contribution in [0.5, 0.6) is 0 Å². The molecule has 0 saturated carbocycles. The molecular weight excluding hydrogens is 440 g/mol. The van der Waals surface area contributed by atoms with Crippen LogP contribution >= 0.6 is 0 Å². The zero-order valence-electron chi connectivity index (χ0n) is 18.3. The van der Waals surface area contributed by atoms with E-state index in [4.69, 9.17) is 15.4 Å². The Balaban J connectivity index is 1.49. The highest BCUT2D eigenvalue weighted by atomic mass is 16.7. The number of nitrogens with one attached hydrogen (secondary N) is 1. The van der Waals surface area contributed by atoms with Crippen LogP contribution in [-0.4, -0.2) is 53.2 Å². The van der Waals surface area contributed by atoms with Crippen molar-refractivity contribution in [2.75, 3.05) is 18.5 Å². The van der Waals surface area contributed by atoms with Gasteiger partial charge in [0.05, 0.1) is 23.9 Å². The highest BCUT2D eigenvalue weighted by molar-refractivity contribution is 6.03. The van der Waals surface area contributed by atoms with Gasteiger partial charge in [-0.2, -0.15) is 5.90 Å². The van der Waals surface area contributed by atoms with E-state index in [1.54, 1.807) is 12.3 Å². The van der Waals surface area contributed by atoms with Crippen molar-refractivity contribution < 1.29 is 28.7 Å². The largest absolute Gasteiger partial charge is 0.445 e. The van der Waals surface area contributed by atoms with Crippen LogP contribution in [0.3, 0.4) is 0 Å². The molecule has 0 aliphatic carbocycles. The number of benzene rings is 2. The Morgan fingerprint density at radius 2 is 1.85 bits per heavy atom. The Morgan fingerprint density at radius 1 is 1.06 bits per heavy atom. The molecule has 1 saturated heterocycles. The molecule has 1 aliphatic rings. The van der Waals surface area contributed by atoms with E-state index in [-0.39, 0.29) is 19.6 Å². The molecule has 2 atom stereocenters. The summed E-state index contributed by atoms with van der Waals surface area (Å²) >= 11 is 0. The molecule has 1 fully saturated rings. The summed E-state index contributed by atoms with van der Waals surface area (Å²) < 4.78 is 10.9. The topological polar surface area (TPSA) is 133 Å². The quantitative estimate of drug-likeness (QED) is 0.509. The number of carbonyl (C=O) groups excluding carboxylic acids is 3. The number of hydrogen-bond donors (Lipinski definition) is 2. The SMILES string of the molecule is NOC(=O)CO[C@@H]1C[C@@H](C(=O)Nc2cccc3cccnc23)N(C(=O)OCc2ccccc2)C1. The maximum Gasteiger partial charge on any atom is 0.410 e. The standard InChI is InChI=1S/C24H24N4O6/c25-34-21(29)15-32-18-12-20(28(13-18)24(31)33-14-16-6-2-1-3-7-16)23(30)27-19-10-4-8-17-9-5-11-26-22(17)19/h1-11,18,20H,12-15,25H2,(H,27,30)/t18-,20+/m1/s1. The molecule has 10 heteroatoms. The number of aromatic nitrogens is 1. The van der Waals surface area contributed by atoms with Gasteiger partial charge in [0, 0.05) is 18.0 Å². The number of para-hydroxylation sites is 1. The first-order valence-corrected chi connectivity index (χ1v) is 10.7. The lowest BCUT2D eigenvalue weighted by Gasteiger charge is -2.23. The summed E-state index contributed by atoms with van der Waals surface area (Å²) in [5.74, 6) is 3.68. The number of hydrogen-bond acceptors (Lipinski definition) is 8. The van der Waals surface area contributed by atoms with Gasteiger partial charge in [0.1, 0.15) is 19.3 Å². The van der Waals surface area contributed by atoms with E-state index < -0.39 is 36.7 Å². The van der Waals surface area contributed by atoms with Crippen molar-refractivity contribution in [3.8, 4) is 0 Å². The third kappa shape index (κ3) is 5.48. The van der Waals surface area contributed by atoms with E-state index in [0.29, 0.717) is 11.2 Å². The Labute approximate surface area is 195 Å². The summed E-state index contributed by atoms with van der Waals surface area (Å²) in [5.41, 5.74) is 1.97. The second kappa shape index (κ2) is 10.7. The lowest BCUT2D eigenvalue weighted by molar-refractivity contribution is -0.151. The number of rotatable bonds is 7. The highest BCUT2D eigenvalue weighted by Crippen LogP contribution is 2.26. The summed E-state index contributed by atoms with van der Waals surface area (Å²) in [6.07, 6.45) is 0.570. The number of pyridine rings is 1. The van der Waals surface area contributed by atoms with Crippen LogP contribution in [0.4, 0.5) is 10.5 Å². The van der Waals surface area contributed by atoms with Crippen molar-refractivity contribution in [1.82, 2.24) is 9.88 Å². The van der Waals surface area contributed by atoms with Gasteiger partial charge in [0.2, 0.25) is 5.91 Å². The lowest BCUT2D eigenvalue weighted by Crippen LogP contribution is -2.43. The zero-order valence-corrected chi connectivity index (χ0v) is 18.3.